The first-order valence-corrected chi connectivity index (χ1v) is 7.60. The number of nitrogens with zero attached hydrogens (tertiary/aromatic N) is 1. The molecule has 1 aliphatic heterocycles. The smallest absolute Gasteiger partial charge is 0.231 e. The van der Waals surface area contributed by atoms with Gasteiger partial charge in [0.1, 0.15) is 5.01 Å². The number of ether oxygens (including phenoxy) is 2. The molecule has 94 valence electrons. The van der Waals surface area contributed by atoms with E-state index in [1.807, 2.05) is 18.2 Å². The van der Waals surface area contributed by atoms with E-state index in [1.54, 1.807) is 22.7 Å². The third-order valence-electron chi connectivity index (χ3n) is 2.94. The van der Waals surface area contributed by atoms with Crippen LogP contribution in [0.25, 0.3) is 21.8 Å². The fourth-order valence-corrected chi connectivity index (χ4v) is 3.52. The SMILES string of the molecule is c1cc(-c2nc(-c3ccc4c(c3)OCO4)cs2)cs1. The molecule has 5 heteroatoms. The summed E-state index contributed by atoms with van der Waals surface area (Å²) >= 11 is 3.34. The van der Waals surface area contributed by atoms with E-state index in [-0.39, 0.29) is 0 Å². The van der Waals surface area contributed by atoms with Gasteiger partial charge in [-0.15, -0.1) is 11.3 Å². The van der Waals surface area contributed by atoms with Crippen LogP contribution in [0, 0.1) is 0 Å². The van der Waals surface area contributed by atoms with Crippen LogP contribution >= 0.6 is 22.7 Å². The molecule has 0 radical (unpaired) electrons. The van der Waals surface area contributed by atoms with Gasteiger partial charge in [0.15, 0.2) is 11.5 Å². The van der Waals surface area contributed by atoms with Gasteiger partial charge < -0.3 is 9.47 Å². The summed E-state index contributed by atoms with van der Waals surface area (Å²) in [6.45, 7) is 0.302. The maximum atomic E-state index is 5.39. The van der Waals surface area contributed by atoms with Gasteiger partial charge in [-0.25, -0.2) is 4.98 Å². The van der Waals surface area contributed by atoms with Crippen LogP contribution in [-0.4, -0.2) is 11.8 Å². The Morgan fingerprint density at radius 3 is 2.84 bits per heavy atom. The van der Waals surface area contributed by atoms with Crippen LogP contribution in [0.5, 0.6) is 11.5 Å². The van der Waals surface area contributed by atoms with Crippen LogP contribution in [0.1, 0.15) is 0 Å². The summed E-state index contributed by atoms with van der Waals surface area (Å²) in [6, 6.07) is 8.02. The third-order valence-corrected chi connectivity index (χ3v) is 4.52. The van der Waals surface area contributed by atoms with Crippen LogP contribution in [0.2, 0.25) is 0 Å². The summed E-state index contributed by atoms with van der Waals surface area (Å²) in [6.07, 6.45) is 0. The maximum Gasteiger partial charge on any atom is 0.231 e. The first kappa shape index (κ1) is 11.0. The van der Waals surface area contributed by atoms with Gasteiger partial charge >= 0.3 is 0 Å². The number of thiophene rings is 1. The lowest BCUT2D eigenvalue weighted by atomic mass is 10.1. The topological polar surface area (TPSA) is 31.4 Å². The van der Waals surface area contributed by atoms with Crippen molar-refractivity contribution in [3.05, 3.63) is 40.4 Å². The number of thiazole rings is 1. The molecule has 3 aromatic rings. The highest BCUT2D eigenvalue weighted by atomic mass is 32.1. The van der Waals surface area contributed by atoms with Crippen molar-refractivity contribution in [2.75, 3.05) is 6.79 Å². The van der Waals surface area contributed by atoms with Crippen LogP contribution < -0.4 is 9.47 Å². The van der Waals surface area contributed by atoms with Gasteiger partial charge in [-0.1, -0.05) is 0 Å². The number of fused-ring (bicyclic) bond motifs is 1. The molecular weight excluding hydrogens is 278 g/mol. The highest BCUT2D eigenvalue weighted by molar-refractivity contribution is 7.14. The molecular formula is C14H9NO2S2. The van der Waals surface area contributed by atoms with Crippen molar-refractivity contribution in [2.24, 2.45) is 0 Å². The summed E-state index contributed by atoms with van der Waals surface area (Å²) in [5, 5.41) is 7.30. The van der Waals surface area contributed by atoms with Gasteiger partial charge in [0.25, 0.3) is 0 Å². The molecule has 0 spiro atoms. The highest BCUT2D eigenvalue weighted by Gasteiger charge is 2.15. The Hall–Kier alpha value is -1.85. The molecule has 0 N–H and O–H groups in total. The van der Waals surface area contributed by atoms with Crippen LogP contribution in [0.3, 0.4) is 0 Å². The van der Waals surface area contributed by atoms with Gasteiger partial charge in [0, 0.05) is 21.9 Å². The third kappa shape index (κ3) is 1.91. The van der Waals surface area contributed by atoms with E-state index in [4.69, 9.17) is 9.47 Å². The lowest BCUT2D eigenvalue weighted by Gasteiger charge is -1.99. The molecule has 0 amide bonds. The molecule has 19 heavy (non-hydrogen) atoms. The lowest BCUT2D eigenvalue weighted by molar-refractivity contribution is 0.174. The van der Waals surface area contributed by atoms with Gasteiger partial charge in [0.2, 0.25) is 6.79 Å². The monoisotopic (exact) mass is 287 g/mol. The van der Waals surface area contributed by atoms with Crippen LogP contribution in [0.15, 0.2) is 40.4 Å². The molecule has 2 aromatic heterocycles. The molecule has 1 aromatic carbocycles. The van der Waals surface area contributed by atoms with Crippen LogP contribution in [0.4, 0.5) is 0 Å². The van der Waals surface area contributed by atoms with Crippen molar-refractivity contribution in [1.82, 2.24) is 4.98 Å². The Bertz CT molecular complexity index is 719. The molecule has 0 saturated heterocycles. The number of rotatable bonds is 2. The summed E-state index contributed by atoms with van der Waals surface area (Å²) in [4.78, 5) is 4.68. The fourth-order valence-electron chi connectivity index (χ4n) is 1.98. The molecule has 1 aliphatic rings. The van der Waals surface area contributed by atoms with Gasteiger partial charge in [-0.3, -0.25) is 0 Å². The highest BCUT2D eigenvalue weighted by Crippen LogP contribution is 2.37. The number of hydrogen-bond acceptors (Lipinski definition) is 5. The number of benzene rings is 1. The van der Waals surface area contributed by atoms with E-state index < -0.39 is 0 Å². The Kier molecular flexibility index (Phi) is 2.53. The van der Waals surface area contributed by atoms with Gasteiger partial charge in [-0.2, -0.15) is 11.3 Å². The summed E-state index contributed by atoms with van der Waals surface area (Å²) in [5.74, 6) is 1.60. The van der Waals surface area contributed by atoms with E-state index >= 15 is 0 Å². The van der Waals surface area contributed by atoms with Gasteiger partial charge in [-0.05, 0) is 29.6 Å². The molecule has 0 bridgehead atoms. The van der Waals surface area contributed by atoms with E-state index in [2.05, 4.69) is 27.2 Å². The average molecular weight is 287 g/mol. The zero-order chi connectivity index (χ0) is 12.7. The van der Waals surface area contributed by atoms with Crippen molar-refractivity contribution in [1.29, 1.82) is 0 Å². The van der Waals surface area contributed by atoms with E-state index in [9.17, 15) is 0 Å². The predicted molar refractivity (Wildman–Crippen MR) is 77.0 cm³/mol. The molecule has 0 unspecified atom stereocenters. The van der Waals surface area contributed by atoms with Crippen LogP contribution in [-0.2, 0) is 0 Å². The Balaban J connectivity index is 1.73. The molecule has 0 fully saturated rings. The molecule has 0 aliphatic carbocycles. The minimum absolute atomic E-state index is 0.302. The second-order valence-electron chi connectivity index (χ2n) is 4.12. The zero-order valence-corrected chi connectivity index (χ0v) is 11.5. The standard InChI is InChI=1S/C14H9NO2S2/c1-2-12-13(17-8-16-12)5-9(1)11-7-19-14(15-11)10-3-4-18-6-10/h1-7H,8H2. The number of aromatic nitrogens is 1. The Labute approximate surface area is 118 Å². The normalized spacial score (nSPS) is 12.8. The van der Waals surface area contributed by atoms with Crippen molar-refractivity contribution in [3.8, 4) is 33.3 Å². The Morgan fingerprint density at radius 2 is 1.95 bits per heavy atom. The largest absolute Gasteiger partial charge is 0.454 e. The van der Waals surface area contributed by atoms with Crippen molar-refractivity contribution in [3.63, 3.8) is 0 Å². The first-order chi connectivity index (χ1) is 9.40. The van der Waals surface area contributed by atoms with Crippen molar-refractivity contribution in [2.45, 2.75) is 0 Å². The van der Waals surface area contributed by atoms with Crippen molar-refractivity contribution < 1.29 is 9.47 Å². The average Bonchev–Trinajstić information content (AvgIpc) is 3.18. The fraction of sp³-hybridized carbons (Fsp3) is 0.0714. The van der Waals surface area contributed by atoms with E-state index in [1.165, 1.54) is 5.56 Å². The summed E-state index contributed by atoms with van der Waals surface area (Å²) < 4.78 is 10.7. The summed E-state index contributed by atoms with van der Waals surface area (Å²) in [5.41, 5.74) is 3.22. The van der Waals surface area contributed by atoms with Crippen molar-refractivity contribution >= 4 is 22.7 Å². The molecule has 4 rings (SSSR count). The van der Waals surface area contributed by atoms with Gasteiger partial charge in [0.05, 0.1) is 5.69 Å². The molecule has 3 heterocycles. The number of hydrogen-bond donors (Lipinski definition) is 0. The molecule has 0 atom stereocenters. The zero-order valence-electron chi connectivity index (χ0n) is 9.83. The lowest BCUT2D eigenvalue weighted by Crippen LogP contribution is -1.92. The predicted octanol–water partition coefficient (Wildman–Crippen LogP) is 4.27. The molecule has 0 saturated carbocycles. The molecule has 3 nitrogen and oxygen atoms in total. The first-order valence-electron chi connectivity index (χ1n) is 5.78. The summed E-state index contributed by atoms with van der Waals surface area (Å²) in [7, 11) is 0. The second-order valence-corrected chi connectivity index (χ2v) is 5.76. The minimum atomic E-state index is 0.302. The quantitative estimate of drug-likeness (QED) is 0.705. The maximum absolute atomic E-state index is 5.39. The second kappa shape index (κ2) is 4.36. The van der Waals surface area contributed by atoms with E-state index in [0.717, 1.165) is 27.8 Å². The van der Waals surface area contributed by atoms with E-state index in [0.29, 0.717) is 6.79 Å². The minimum Gasteiger partial charge on any atom is -0.454 e. The Morgan fingerprint density at radius 1 is 1.00 bits per heavy atom.